The van der Waals surface area contributed by atoms with Crippen molar-refractivity contribution in [2.45, 2.75) is 6.04 Å². The summed E-state index contributed by atoms with van der Waals surface area (Å²) in [7, 11) is 1.68. The van der Waals surface area contributed by atoms with E-state index >= 15 is 0 Å². The number of aliphatic carboxylic acids is 1. The molecule has 3 N–H and O–H groups in total. The van der Waals surface area contributed by atoms with Crippen molar-refractivity contribution in [1.82, 2.24) is 15.1 Å². The summed E-state index contributed by atoms with van der Waals surface area (Å²) in [5.41, 5.74) is 1.22. The Balaban J connectivity index is 1.94. The van der Waals surface area contributed by atoms with Gasteiger partial charge in [-0.05, 0) is 12.1 Å². The summed E-state index contributed by atoms with van der Waals surface area (Å²) in [6.07, 6.45) is 2.98. The number of para-hydroxylation sites is 1. The number of amides is 1. The molecule has 7 heteroatoms. The van der Waals surface area contributed by atoms with Crippen LogP contribution >= 0.6 is 0 Å². The molecular formula is C14H16N4O3. The van der Waals surface area contributed by atoms with Crippen molar-refractivity contribution in [2.24, 2.45) is 7.05 Å². The minimum absolute atomic E-state index is 0.00590. The normalized spacial score (nSPS) is 11.7. The molecule has 0 bridgehead atoms. The van der Waals surface area contributed by atoms with Crippen LogP contribution in [0.1, 0.15) is 11.6 Å². The number of nitrogens with one attached hydrogen (secondary N) is 2. The van der Waals surface area contributed by atoms with Crippen LogP contribution in [-0.4, -0.2) is 33.3 Å². The van der Waals surface area contributed by atoms with Crippen LogP contribution in [0.5, 0.6) is 0 Å². The average Bonchev–Trinajstić information content (AvgIpc) is 2.89. The largest absolute Gasteiger partial charge is 0.479 e. The molecule has 2 rings (SSSR count). The van der Waals surface area contributed by atoms with Crippen LogP contribution in [-0.2, 0) is 16.6 Å². The third-order valence-electron chi connectivity index (χ3n) is 2.84. The molecule has 0 saturated heterocycles. The van der Waals surface area contributed by atoms with Crippen LogP contribution in [0.15, 0.2) is 42.7 Å². The Morgan fingerprint density at radius 1 is 1.33 bits per heavy atom. The zero-order chi connectivity index (χ0) is 15.2. The van der Waals surface area contributed by atoms with E-state index in [0.717, 1.165) is 5.69 Å². The van der Waals surface area contributed by atoms with E-state index in [1.165, 1.54) is 10.9 Å². The minimum Gasteiger partial charge on any atom is -0.479 e. The number of carbonyl (C=O) groups excluding carboxylic acids is 1. The van der Waals surface area contributed by atoms with E-state index in [1.807, 2.05) is 30.3 Å². The highest BCUT2D eigenvalue weighted by molar-refractivity contribution is 5.86. The number of carbonyl (C=O) groups is 2. The zero-order valence-corrected chi connectivity index (χ0v) is 11.5. The van der Waals surface area contributed by atoms with Crippen LogP contribution in [0, 0.1) is 0 Å². The van der Waals surface area contributed by atoms with Gasteiger partial charge >= 0.3 is 5.97 Å². The third-order valence-corrected chi connectivity index (χ3v) is 2.84. The second kappa shape index (κ2) is 6.56. The number of carboxylic acid groups (broad SMARTS) is 1. The Kier molecular flexibility index (Phi) is 4.55. The van der Waals surface area contributed by atoms with Crippen molar-refractivity contribution in [1.29, 1.82) is 0 Å². The fraction of sp³-hybridized carbons (Fsp3) is 0.214. The summed E-state index contributed by atoms with van der Waals surface area (Å²) in [5.74, 6) is -1.54. The summed E-state index contributed by atoms with van der Waals surface area (Å²) in [4.78, 5) is 23.1. The van der Waals surface area contributed by atoms with Gasteiger partial charge in [-0.2, -0.15) is 5.10 Å². The maximum atomic E-state index is 11.8. The molecule has 2 aromatic rings. The molecule has 21 heavy (non-hydrogen) atoms. The molecule has 0 saturated carbocycles. The van der Waals surface area contributed by atoms with Gasteiger partial charge in [0.2, 0.25) is 5.91 Å². The van der Waals surface area contributed by atoms with Gasteiger partial charge in [0.25, 0.3) is 0 Å². The molecule has 0 aliphatic rings. The highest BCUT2D eigenvalue weighted by atomic mass is 16.4. The summed E-state index contributed by atoms with van der Waals surface area (Å²) in [6, 6.07) is 8.09. The van der Waals surface area contributed by atoms with Gasteiger partial charge in [-0.1, -0.05) is 18.2 Å². The number of rotatable bonds is 6. The molecule has 7 nitrogen and oxygen atoms in total. The molecule has 0 spiro atoms. The maximum absolute atomic E-state index is 11.8. The van der Waals surface area contributed by atoms with E-state index in [-0.39, 0.29) is 6.54 Å². The van der Waals surface area contributed by atoms with Crippen molar-refractivity contribution in [2.75, 3.05) is 11.9 Å². The summed E-state index contributed by atoms with van der Waals surface area (Å²) >= 11 is 0. The molecular weight excluding hydrogens is 272 g/mol. The van der Waals surface area contributed by atoms with Gasteiger partial charge in [-0.25, -0.2) is 4.79 Å². The van der Waals surface area contributed by atoms with Crippen LogP contribution in [0.25, 0.3) is 0 Å². The van der Waals surface area contributed by atoms with Gasteiger partial charge in [-0.3, -0.25) is 9.48 Å². The quantitative estimate of drug-likeness (QED) is 0.729. The summed E-state index contributed by atoms with van der Waals surface area (Å²) < 4.78 is 1.49. The van der Waals surface area contributed by atoms with E-state index in [2.05, 4.69) is 15.7 Å². The lowest BCUT2D eigenvalue weighted by atomic mass is 10.1. The molecule has 1 amide bonds. The lowest BCUT2D eigenvalue weighted by Gasteiger charge is -2.13. The number of aryl methyl sites for hydroxylation is 1. The predicted octanol–water partition coefficient (Wildman–Crippen LogP) is 0.774. The maximum Gasteiger partial charge on any atom is 0.331 e. The molecule has 0 aliphatic heterocycles. The van der Waals surface area contributed by atoms with Crippen molar-refractivity contribution in [3.63, 3.8) is 0 Å². The van der Waals surface area contributed by atoms with Gasteiger partial charge in [0.05, 0.1) is 12.7 Å². The van der Waals surface area contributed by atoms with Crippen molar-refractivity contribution < 1.29 is 14.7 Å². The lowest BCUT2D eigenvalue weighted by Crippen LogP contribution is -2.37. The monoisotopic (exact) mass is 288 g/mol. The van der Waals surface area contributed by atoms with Gasteiger partial charge in [-0.15, -0.1) is 0 Å². The molecule has 0 radical (unpaired) electrons. The van der Waals surface area contributed by atoms with E-state index in [4.69, 9.17) is 0 Å². The highest BCUT2D eigenvalue weighted by Crippen LogP contribution is 2.12. The Labute approximate surface area is 121 Å². The number of hydrogen-bond donors (Lipinski definition) is 3. The van der Waals surface area contributed by atoms with Gasteiger partial charge < -0.3 is 15.7 Å². The van der Waals surface area contributed by atoms with Crippen molar-refractivity contribution in [3.8, 4) is 0 Å². The zero-order valence-electron chi connectivity index (χ0n) is 11.5. The Hall–Kier alpha value is -2.83. The molecule has 1 heterocycles. The molecule has 0 aliphatic carbocycles. The number of carboxylic acids is 1. The van der Waals surface area contributed by atoms with Gasteiger partial charge in [0.15, 0.2) is 6.04 Å². The molecule has 110 valence electrons. The third kappa shape index (κ3) is 4.07. The van der Waals surface area contributed by atoms with Crippen LogP contribution in [0.2, 0.25) is 0 Å². The molecule has 1 atom stereocenters. The first-order valence-corrected chi connectivity index (χ1v) is 6.36. The van der Waals surface area contributed by atoms with Crippen LogP contribution in [0.4, 0.5) is 5.69 Å². The number of nitrogens with zero attached hydrogens (tertiary/aromatic N) is 2. The lowest BCUT2D eigenvalue weighted by molar-refractivity contribution is -0.141. The number of hydrogen-bond acceptors (Lipinski definition) is 4. The second-order valence-electron chi connectivity index (χ2n) is 4.51. The van der Waals surface area contributed by atoms with E-state index in [1.54, 1.807) is 13.2 Å². The minimum atomic E-state index is -1.13. The van der Waals surface area contributed by atoms with Gasteiger partial charge in [0.1, 0.15) is 0 Å². The average molecular weight is 288 g/mol. The Morgan fingerprint density at radius 2 is 2.05 bits per heavy atom. The van der Waals surface area contributed by atoms with Gasteiger partial charge in [0, 0.05) is 24.5 Å². The Morgan fingerprint density at radius 3 is 2.62 bits per heavy atom. The first kappa shape index (κ1) is 14.6. The Bertz CT molecular complexity index is 624. The number of benzene rings is 1. The predicted molar refractivity (Wildman–Crippen MR) is 76.7 cm³/mol. The fourth-order valence-electron chi connectivity index (χ4n) is 1.83. The van der Waals surface area contributed by atoms with Crippen molar-refractivity contribution in [3.05, 3.63) is 48.3 Å². The SMILES string of the molecule is Cn1cc(C(NC(=O)CNc2ccccc2)C(=O)O)cn1. The molecule has 1 unspecified atom stereocenters. The van der Waals surface area contributed by atoms with Crippen LogP contribution < -0.4 is 10.6 Å². The van der Waals surface area contributed by atoms with E-state index in [0.29, 0.717) is 5.56 Å². The summed E-state index contributed by atoms with van der Waals surface area (Å²) in [6.45, 7) is -0.00590. The topological polar surface area (TPSA) is 96.2 Å². The van der Waals surface area contributed by atoms with Crippen LogP contribution in [0.3, 0.4) is 0 Å². The summed E-state index contributed by atoms with van der Waals surface area (Å²) in [5, 5.41) is 18.5. The molecule has 0 fully saturated rings. The number of anilines is 1. The first-order chi connectivity index (χ1) is 10.1. The highest BCUT2D eigenvalue weighted by Gasteiger charge is 2.23. The molecule has 1 aromatic heterocycles. The first-order valence-electron chi connectivity index (χ1n) is 6.36. The number of aromatic nitrogens is 2. The second-order valence-corrected chi connectivity index (χ2v) is 4.51. The van der Waals surface area contributed by atoms with Crippen molar-refractivity contribution >= 4 is 17.6 Å². The standard InChI is InChI=1S/C14H16N4O3/c1-18-9-10(7-16-18)13(14(20)21)17-12(19)8-15-11-5-3-2-4-6-11/h2-7,9,13,15H,8H2,1H3,(H,17,19)(H,20,21). The van der Waals surface area contributed by atoms with E-state index in [9.17, 15) is 14.7 Å². The van der Waals surface area contributed by atoms with E-state index < -0.39 is 17.9 Å². The fourth-order valence-corrected chi connectivity index (χ4v) is 1.83. The smallest absolute Gasteiger partial charge is 0.331 e. The molecule has 1 aromatic carbocycles.